The average molecular weight is 421 g/mol. The highest BCUT2D eigenvalue weighted by Crippen LogP contribution is 2.11. The fourth-order valence-corrected chi connectivity index (χ4v) is 3.24. The topological polar surface area (TPSA) is 93.1 Å². The van der Waals surface area contributed by atoms with Crippen LogP contribution in [0.4, 0.5) is 0 Å². The van der Waals surface area contributed by atoms with Crippen LogP contribution in [0.15, 0.2) is 53.6 Å². The SMILES string of the molecule is CC[C@@H](C)NC(=O)c1cccc(CNC(=O)CCn2cnc3c(C)cccc3c2=O)c1. The van der Waals surface area contributed by atoms with Crippen LogP contribution in [0.3, 0.4) is 0 Å². The molecule has 0 bridgehead atoms. The van der Waals surface area contributed by atoms with Gasteiger partial charge in [-0.3, -0.25) is 19.0 Å². The van der Waals surface area contributed by atoms with Crippen molar-refractivity contribution < 1.29 is 9.59 Å². The standard InChI is InChI=1S/C24H28N4O3/c1-4-17(3)27-23(30)19-9-6-8-18(13-19)14-25-21(29)11-12-28-15-26-22-16(2)7-5-10-20(22)24(28)31/h5-10,13,15,17H,4,11-12,14H2,1-3H3,(H,25,29)(H,27,30)/t17-/m1/s1. The zero-order chi connectivity index (χ0) is 22.4. The van der Waals surface area contributed by atoms with Gasteiger partial charge in [0.05, 0.1) is 17.2 Å². The Hall–Kier alpha value is -3.48. The molecule has 1 atom stereocenters. The summed E-state index contributed by atoms with van der Waals surface area (Å²) in [6, 6.07) is 12.8. The van der Waals surface area contributed by atoms with Crippen molar-refractivity contribution in [3.63, 3.8) is 0 Å². The molecule has 0 aliphatic rings. The zero-order valence-electron chi connectivity index (χ0n) is 18.1. The number of carbonyl (C=O) groups is 2. The molecule has 2 aromatic carbocycles. The van der Waals surface area contributed by atoms with E-state index in [1.165, 1.54) is 10.9 Å². The fraction of sp³-hybridized carbons (Fsp3) is 0.333. The van der Waals surface area contributed by atoms with Gasteiger partial charge >= 0.3 is 0 Å². The van der Waals surface area contributed by atoms with Gasteiger partial charge in [0.25, 0.3) is 11.5 Å². The Labute approximate surface area is 181 Å². The first-order chi connectivity index (χ1) is 14.9. The predicted molar refractivity (Wildman–Crippen MR) is 121 cm³/mol. The van der Waals surface area contributed by atoms with Gasteiger partial charge in [-0.25, -0.2) is 4.98 Å². The van der Waals surface area contributed by atoms with E-state index in [1.807, 2.05) is 39.0 Å². The number of nitrogens with zero attached hydrogens (tertiary/aromatic N) is 2. The molecule has 2 amide bonds. The van der Waals surface area contributed by atoms with Gasteiger partial charge in [0.2, 0.25) is 5.91 Å². The summed E-state index contributed by atoms with van der Waals surface area (Å²) >= 11 is 0. The van der Waals surface area contributed by atoms with Crippen molar-refractivity contribution in [2.75, 3.05) is 0 Å². The second-order valence-electron chi connectivity index (χ2n) is 7.72. The summed E-state index contributed by atoms with van der Waals surface area (Å²) in [5.41, 5.74) is 2.88. The van der Waals surface area contributed by atoms with Crippen LogP contribution < -0.4 is 16.2 Å². The van der Waals surface area contributed by atoms with Crippen molar-refractivity contribution in [1.29, 1.82) is 0 Å². The van der Waals surface area contributed by atoms with Crippen molar-refractivity contribution in [2.24, 2.45) is 0 Å². The highest BCUT2D eigenvalue weighted by Gasteiger charge is 2.10. The second kappa shape index (κ2) is 10.0. The number of carbonyl (C=O) groups excluding carboxylic acids is 2. The summed E-state index contributed by atoms with van der Waals surface area (Å²) in [5, 5.41) is 6.33. The van der Waals surface area contributed by atoms with Gasteiger partial charge in [-0.05, 0) is 49.6 Å². The molecule has 2 N–H and O–H groups in total. The number of benzene rings is 2. The molecule has 162 valence electrons. The summed E-state index contributed by atoms with van der Waals surface area (Å²) in [4.78, 5) is 41.6. The molecule has 1 heterocycles. The highest BCUT2D eigenvalue weighted by atomic mass is 16.2. The fourth-order valence-electron chi connectivity index (χ4n) is 3.24. The normalized spacial score (nSPS) is 11.8. The lowest BCUT2D eigenvalue weighted by molar-refractivity contribution is -0.121. The van der Waals surface area contributed by atoms with Gasteiger partial charge in [-0.15, -0.1) is 0 Å². The van der Waals surface area contributed by atoms with Gasteiger partial charge in [0.1, 0.15) is 0 Å². The van der Waals surface area contributed by atoms with E-state index in [2.05, 4.69) is 15.6 Å². The largest absolute Gasteiger partial charge is 0.352 e. The number of nitrogens with one attached hydrogen (secondary N) is 2. The van der Waals surface area contributed by atoms with Crippen LogP contribution in [0.2, 0.25) is 0 Å². The lowest BCUT2D eigenvalue weighted by atomic mass is 10.1. The molecule has 0 fully saturated rings. The molecule has 0 aliphatic carbocycles. The Morgan fingerprint density at radius 2 is 1.94 bits per heavy atom. The number of rotatable bonds is 8. The van der Waals surface area contributed by atoms with Gasteiger partial charge in [-0.1, -0.05) is 31.2 Å². The van der Waals surface area contributed by atoms with E-state index in [9.17, 15) is 14.4 Å². The number of aromatic nitrogens is 2. The van der Waals surface area contributed by atoms with Crippen LogP contribution in [0.1, 0.15) is 48.2 Å². The Morgan fingerprint density at radius 3 is 2.71 bits per heavy atom. The van der Waals surface area contributed by atoms with Crippen LogP contribution in [-0.2, 0) is 17.9 Å². The number of aryl methyl sites for hydroxylation is 2. The molecular weight excluding hydrogens is 392 g/mol. The minimum Gasteiger partial charge on any atom is -0.352 e. The molecule has 7 nitrogen and oxygen atoms in total. The van der Waals surface area contributed by atoms with Crippen molar-refractivity contribution >= 4 is 22.7 Å². The molecule has 0 saturated carbocycles. The molecule has 0 radical (unpaired) electrons. The van der Waals surface area contributed by atoms with Gasteiger partial charge in [-0.2, -0.15) is 0 Å². The summed E-state index contributed by atoms with van der Waals surface area (Å²) in [6.45, 7) is 6.45. The minimum absolute atomic E-state index is 0.104. The molecule has 0 spiro atoms. The maximum atomic E-state index is 12.6. The van der Waals surface area contributed by atoms with E-state index in [0.717, 1.165) is 17.5 Å². The first-order valence-electron chi connectivity index (χ1n) is 10.5. The second-order valence-corrected chi connectivity index (χ2v) is 7.72. The quantitative estimate of drug-likeness (QED) is 0.586. The van der Waals surface area contributed by atoms with Crippen molar-refractivity contribution in [2.45, 2.75) is 52.7 Å². The van der Waals surface area contributed by atoms with Gasteiger partial charge < -0.3 is 10.6 Å². The zero-order valence-corrected chi connectivity index (χ0v) is 18.1. The summed E-state index contributed by atoms with van der Waals surface area (Å²) in [6.07, 6.45) is 2.51. The molecule has 0 aliphatic heterocycles. The Morgan fingerprint density at radius 1 is 1.16 bits per heavy atom. The molecule has 3 aromatic rings. The Balaban J connectivity index is 1.57. The van der Waals surface area contributed by atoms with Crippen molar-refractivity contribution in [3.05, 3.63) is 75.8 Å². The van der Waals surface area contributed by atoms with E-state index < -0.39 is 0 Å². The number of amides is 2. The van der Waals surface area contributed by atoms with E-state index in [1.54, 1.807) is 24.3 Å². The van der Waals surface area contributed by atoms with Crippen molar-refractivity contribution in [3.8, 4) is 0 Å². The van der Waals surface area contributed by atoms with E-state index in [0.29, 0.717) is 23.0 Å². The van der Waals surface area contributed by atoms with Crippen LogP contribution in [0, 0.1) is 6.92 Å². The number of hydrogen-bond acceptors (Lipinski definition) is 4. The summed E-state index contributed by atoms with van der Waals surface area (Å²) < 4.78 is 1.46. The molecule has 1 aromatic heterocycles. The van der Waals surface area contributed by atoms with E-state index in [-0.39, 0.29) is 36.4 Å². The molecule has 0 unspecified atom stereocenters. The molecule has 0 saturated heterocycles. The third-order valence-electron chi connectivity index (χ3n) is 5.30. The smallest absolute Gasteiger partial charge is 0.261 e. The molecule has 31 heavy (non-hydrogen) atoms. The number of fused-ring (bicyclic) bond motifs is 1. The summed E-state index contributed by atoms with van der Waals surface area (Å²) in [7, 11) is 0. The maximum absolute atomic E-state index is 12.6. The minimum atomic E-state index is -0.175. The molecule has 3 rings (SSSR count). The third kappa shape index (κ3) is 5.57. The lowest BCUT2D eigenvalue weighted by Crippen LogP contribution is -2.32. The van der Waals surface area contributed by atoms with Gasteiger partial charge in [0, 0.05) is 31.1 Å². The lowest BCUT2D eigenvalue weighted by Gasteiger charge is -2.12. The Kier molecular flexibility index (Phi) is 7.18. The molecule has 7 heteroatoms. The third-order valence-corrected chi connectivity index (χ3v) is 5.30. The van der Waals surface area contributed by atoms with Crippen molar-refractivity contribution in [1.82, 2.24) is 20.2 Å². The number of para-hydroxylation sites is 1. The number of hydrogen-bond donors (Lipinski definition) is 2. The highest BCUT2D eigenvalue weighted by molar-refractivity contribution is 5.94. The van der Waals surface area contributed by atoms with Crippen LogP contribution in [0.5, 0.6) is 0 Å². The first kappa shape index (κ1) is 22.2. The van der Waals surface area contributed by atoms with Crippen LogP contribution in [-0.4, -0.2) is 27.4 Å². The average Bonchev–Trinajstić information content (AvgIpc) is 2.77. The van der Waals surface area contributed by atoms with Crippen LogP contribution in [0.25, 0.3) is 10.9 Å². The first-order valence-corrected chi connectivity index (χ1v) is 10.5. The van der Waals surface area contributed by atoms with E-state index >= 15 is 0 Å². The molecular formula is C24H28N4O3. The monoisotopic (exact) mass is 420 g/mol. The van der Waals surface area contributed by atoms with E-state index in [4.69, 9.17) is 0 Å². The maximum Gasteiger partial charge on any atom is 0.261 e. The van der Waals surface area contributed by atoms with Crippen LogP contribution >= 0.6 is 0 Å². The van der Waals surface area contributed by atoms with Gasteiger partial charge in [0.15, 0.2) is 0 Å². The Bertz CT molecular complexity index is 1150. The summed E-state index contributed by atoms with van der Waals surface area (Å²) in [5.74, 6) is -0.299. The predicted octanol–water partition coefficient (Wildman–Crippen LogP) is 2.94.